The zero-order valence-electron chi connectivity index (χ0n) is 11.4. The molecule has 0 radical (unpaired) electrons. The van der Waals surface area contributed by atoms with E-state index in [1.54, 1.807) is 0 Å². The number of rotatable bonds is 3. The van der Waals surface area contributed by atoms with Crippen molar-refractivity contribution in [1.29, 1.82) is 0 Å². The van der Waals surface area contributed by atoms with Crippen LogP contribution in [0.1, 0.15) is 33.5 Å². The fourth-order valence-electron chi connectivity index (χ4n) is 2.99. The Balaban J connectivity index is 1.78. The third kappa shape index (κ3) is 2.19. The fraction of sp³-hybridized carbons (Fsp3) is 0.250. The number of nitrogens with two attached hydrogens (primary N) is 1. The molecule has 3 aromatic rings. The topological polar surface area (TPSA) is 51.2 Å². The van der Waals surface area contributed by atoms with Gasteiger partial charge in [0, 0.05) is 15.1 Å². The first-order valence-corrected chi connectivity index (χ1v) is 8.21. The zero-order valence-corrected chi connectivity index (χ0v) is 12.9. The maximum atomic E-state index is 6.18. The Kier molecular flexibility index (Phi) is 3.27. The Labute approximate surface area is 131 Å². The highest BCUT2D eigenvalue weighted by atomic mass is 35.5. The first-order chi connectivity index (χ1) is 10.3. The molecular weight excluding hydrogens is 304 g/mol. The highest BCUT2D eigenvalue weighted by molar-refractivity contribution is 7.12. The van der Waals surface area contributed by atoms with Crippen LogP contribution in [0.4, 0.5) is 0 Å². The van der Waals surface area contributed by atoms with Gasteiger partial charge in [-0.1, -0.05) is 23.7 Å². The molecule has 3 N–H and O–H groups in total. The summed E-state index contributed by atoms with van der Waals surface area (Å²) >= 11 is 8.01. The van der Waals surface area contributed by atoms with E-state index in [0.29, 0.717) is 5.02 Å². The second-order valence-corrected chi connectivity index (χ2v) is 6.93. The van der Waals surface area contributed by atoms with Gasteiger partial charge in [0.25, 0.3) is 0 Å². The molecule has 108 valence electrons. The first-order valence-electron chi connectivity index (χ1n) is 7.02. The van der Waals surface area contributed by atoms with Gasteiger partial charge in [0.15, 0.2) is 5.58 Å². The molecule has 0 saturated carbocycles. The molecule has 1 unspecified atom stereocenters. The van der Waals surface area contributed by atoms with Gasteiger partial charge >= 0.3 is 0 Å². The van der Waals surface area contributed by atoms with Crippen molar-refractivity contribution in [3.8, 4) is 0 Å². The van der Waals surface area contributed by atoms with E-state index < -0.39 is 0 Å². The lowest BCUT2D eigenvalue weighted by Crippen LogP contribution is -2.27. The maximum Gasteiger partial charge on any atom is 0.152 e. The summed E-state index contributed by atoms with van der Waals surface area (Å²) in [5.41, 5.74) is 5.06. The minimum absolute atomic E-state index is 0.121. The number of furan rings is 1. The summed E-state index contributed by atoms with van der Waals surface area (Å²) in [5, 5.41) is 1.63. The number of thiophene rings is 1. The minimum atomic E-state index is -0.121. The molecule has 0 bridgehead atoms. The second kappa shape index (κ2) is 5.14. The van der Waals surface area contributed by atoms with Crippen LogP contribution < -0.4 is 11.3 Å². The fourth-order valence-corrected chi connectivity index (χ4v) is 4.54. The molecule has 0 spiro atoms. The van der Waals surface area contributed by atoms with E-state index in [-0.39, 0.29) is 6.04 Å². The molecule has 0 amide bonds. The molecule has 4 rings (SSSR count). The number of hydrogen-bond donors (Lipinski definition) is 2. The van der Waals surface area contributed by atoms with Gasteiger partial charge in [-0.25, -0.2) is 5.43 Å². The van der Waals surface area contributed by atoms with Gasteiger partial charge in [-0.05, 0) is 43.0 Å². The lowest BCUT2D eigenvalue weighted by atomic mass is 10.1. The third-order valence-corrected chi connectivity index (χ3v) is 5.62. The lowest BCUT2D eigenvalue weighted by Gasteiger charge is -2.11. The quantitative estimate of drug-likeness (QED) is 0.562. The lowest BCUT2D eigenvalue weighted by molar-refractivity contribution is 0.481. The summed E-state index contributed by atoms with van der Waals surface area (Å²) in [5.74, 6) is 6.59. The van der Waals surface area contributed by atoms with Crippen molar-refractivity contribution in [1.82, 2.24) is 5.43 Å². The molecule has 1 atom stereocenters. The van der Waals surface area contributed by atoms with Gasteiger partial charge < -0.3 is 4.42 Å². The third-order valence-electron chi connectivity index (χ3n) is 4.02. The van der Waals surface area contributed by atoms with Crippen LogP contribution in [-0.4, -0.2) is 0 Å². The van der Waals surface area contributed by atoms with E-state index in [0.717, 1.165) is 16.7 Å². The molecule has 2 heterocycles. The van der Waals surface area contributed by atoms with Crippen LogP contribution in [0.25, 0.3) is 11.0 Å². The predicted molar refractivity (Wildman–Crippen MR) is 86.7 cm³/mol. The van der Waals surface area contributed by atoms with Crippen molar-refractivity contribution in [2.45, 2.75) is 25.3 Å². The summed E-state index contributed by atoms with van der Waals surface area (Å²) in [6.45, 7) is 0. The van der Waals surface area contributed by atoms with Crippen LogP contribution in [0.15, 0.2) is 34.7 Å². The molecule has 21 heavy (non-hydrogen) atoms. The van der Waals surface area contributed by atoms with E-state index in [1.807, 2.05) is 35.6 Å². The number of aryl methyl sites for hydroxylation is 2. The summed E-state index contributed by atoms with van der Waals surface area (Å²) in [4.78, 5) is 2.69. The number of benzene rings is 1. The van der Waals surface area contributed by atoms with Crippen molar-refractivity contribution in [3.05, 3.63) is 56.4 Å². The van der Waals surface area contributed by atoms with Gasteiger partial charge in [-0.15, -0.1) is 11.3 Å². The number of para-hydroxylation sites is 1. The van der Waals surface area contributed by atoms with E-state index in [1.165, 1.54) is 34.6 Å². The zero-order chi connectivity index (χ0) is 14.4. The molecule has 1 aliphatic rings. The van der Waals surface area contributed by atoms with E-state index >= 15 is 0 Å². The van der Waals surface area contributed by atoms with E-state index in [9.17, 15) is 0 Å². The van der Waals surface area contributed by atoms with Crippen LogP contribution in [-0.2, 0) is 12.8 Å². The highest BCUT2D eigenvalue weighted by Gasteiger charge is 2.23. The molecule has 5 heteroatoms. The standard InChI is InChI=1S/C16H15ClN2OS/c17-11-5-1-4-10-7-12(20-16(10)11)15(19-18)14-8-9-3-2-6-13(9)21-14/h1,4-5,7-8,15,19H,2-3,6,18H2. The van der Waals surface area contributed by atoms with Gasteiger partial charge in [-0.3, -0.25) is 5.84 Å². The van der Waals surface area contributed by atoms with Crippen molar-refractivity contribution < 1.29 is 4.42 Å². The second-order valence-electron chi connectivity index (χ2n) is 5.36. The van der Waals surface area contributed by atoms with Gasteiger partial charge in [0.2, 0.25) is 0 Å². The predicted octanol–water partition coefficient (Wildman–Crippen LogP) is 4.19. The Morgan fingerprint density at radius 2 is 2.19 bits per heavy atom. The Hall–Kier alpha value is -1.33. The number of halogens is 1. The van der Waals surface area contributed by atoms with Crippen LogP contribution in [0, 0.1) is 0 Å². The Morgan fingerprint density at radius 3 is 2.95 bits per heavy atom. The number of nitrogens with one attached hydrogen (secondary N) is 1. The van der Waals surface area contributed by atoms with Crippen molar-refractivity contribution >= 4 is 33.9 Å². The molecule has 0 fully saturated rings. The van der Waals surface area contributed by atoms with Crippen molar-refractivity contribution in [2.24, 2.45) is 5.84 Å². The molecule has 2 aromatic heterocycles. The maximum absolute atomic E-state index is 6.18. The number of fused-ring (bicyclic) bond motifs is 2. The van der Waals surface area contributed by atoms with Crippen LogP contribution in [0.5, 0.6) is 0 Å². The Bertz CT molecular complexity index is 786. The van der Waals surface area contributed by atoms with Gasteiger partial charge in [0.05, 0.1) is 5.02 Å². The average molecular weight is 319 g/mol. The van der Waals surface area contributed by atoms with Crippen LogP contribution >= 0.6 is 22.9 Å². The first kappa shape index (κ1) is 13.3. The van der Waals surface area contributed by atoms with E-state index in [4.69, 9.17) is 21.9 Å². The van der Waals surface area contributed by atoms with Crippen LogP contribution in [0.2, 0.25) is 5.02 Å². The summed E-state index contributed by atoms with van der Waals surface area (Å²) in [7, 11) is 0. The van der Waals surface area contributed by atoms with Crippen molar-refractivity contribution in [2.75, 3.05) is 0 Å². The van der Waals surface area contributed by atoms with E-state index in [2.05, 4.69) is 11.5 Å². The van der Waals surface area contributed by atoms with Crippen molar-refractivity contribution in [3.63, 3.8) is 0 Å². The van der Waals surface area contributed by atoms with Gasteiger partial charge in [0.1, 0.15) is 11.8 Å². The molecule has 0 saturated heterocycles. The average Bonchev–Trinajstić information content (AvgIpc) is 3.13. The minimum Gasteiger partial charge on any atom is -0.457 e. The highest BCUT2D eigenvalue weighted by Crippen LogP contribution is 2.38. The monoisotopic (exact) mass is 318 g/mol. The normalized spacial score (nSPS) is 15.5. The molecule has 0 aliphatic heterocycles. The Morgan fingerprint density at radius 1 is 1.29 bits per heavy atom. The number of hydrogen-bond acceptors (Lipinski definition) is 4. The van der Waals surface area contributed by atoms with Crippen LogP contribution in [0.3, 0.4) is 0 Å². The largest absolute Gasteiger partial charge is 0.457 e. The number of hydrazine groups is 1. The van der Waals surface area contributed by atoms with Gasteiger partial charge in [-0.2, -0.15) is 0 Å². The SMILES string of the molecule is NNC(c1cc2cccc(Cl)c2o1)c1cc2c(s1)CCC2. The molecule has 1 aliphatic carbocycles. The molecule has 3 nitrogen and oxygen atoms in total. The summed E-state index contributed by atoms with van der Waals surface area (Å²) in [6, 6.07) is 9.90. The molecular formula is C16H15ClN2OS. The smallest absolute Gasteiger partial charge is 0.152 e. The summed E-state index contributed by atoms with van der Waals surface area (Å²) < 4.78 is 5.94. The summed E-state index contributed by atoms with van der Waals surface area (Å²) in [6.07, 6.45) is 3.63. The molecule has 1 aromatic carbocycles.